The molecule has 0 radical (unpaired) electrons. The topological polar surface area (TPSA) is 119 Å². The van der Waals surface area contributed by atoms with Gasteiger partial charge in [0.1, 0.15) is 0 Å². The highest BCUT2D eigenvalue weighted by molar-refractivity contribution is 7.89. The van der Waals surface area contributed by atoms with Gasteiger partial charge in [-0.1, -0.05) is 12.8 Å². The number of benzene rings is 1. The molecular formula is C18H24N6O4S. The Morgan fingerprint density at radius 2 is 1.83 bits per heavy atom. The summed E-state index contributed by atoms with van der Waals surface area (Å²) in [6.45, 7) is 1.66. The number of aromatic nitrogens is 4. The van der Waals surface area contributed by atoms with Crippen LogP contribution < -0.4 is 5.32 Å². The van der Waals surface area contributed by atoms with Crippen LogP contribution in [0, 0.1) is 0 Å². The molecule has 1 aromatic heterocycles. The van der Waals surface area contributed by atoms with Crippen molar-refractivity contribution in [3.05, 3.63) is 35.7 Å². The van der Waals surface area contributed by atoms with E-state index in [0.717, 1.165) is 25.7 Å². The van der Waals surface area contributed by atoms with E-state index in [0.29, 0.717) is 43.7 Å². The first-order chi connectivity index (χ1) is 14.1. The number of morpholine rings is 1. The van der Waals surface area contributed by atoms with Gasteiger partial charge >= 0.3 is 0 Å². The minimum Gasteiger partial charge on any atom is -0.379 e. The second-order valence-corrected chi connectivity index (χ2v) is 9.14. The lowest BCUT2D eigenvalue weighted by Crippen LogP contribution is -2.40. The quantitative estimate of drug-likeness (QED) is 0.732. The number of hydrogen-bond acceptors (Lipinski definition) is 7. The minimum atomic E-state index is -3.58. The Kier molecular flexibility index (Phi) is 5.88. The Morgan fingerprint density at radius 3 is 2.52 bits per heavy atom. The molecule has 1 N–H and O–H groups in total. The predicted octanol–water partition coefficient (Wildman–Crippen LogP) is 0.739. The van der Waals surface area contributed by atoms with Gasteiger partial charge in [-0.05, 0) is 47.5 Å². The van der Waals surface area contributed by atoms with Gasteiger partial charge in [0.05, 0.1) is 30.7 Å². The Bertz CT molecular complexity index is 947. The normalized spacial score (nSPS) is 18.8. The third-order valence-corrected chi connectivity index (χ3v) is 7.28. The summed E-state index contributed by atoms with van der Waals surface area (Å²) >= 11 is 0. The lowest BCUT2D eigenvalue weighted by Gasteiger charge is -2.26. The van der Waals surface area contributed by atoms with E-state index in [1.807, 2.05) is 0 Å². The van der Waals surface area contributed by atoms with Crippen molar-refractivity contribution >= 4 is 15.9 Å². The molecule has 1 aliphatic heterocycles. The number of amides is 1. The van der Waals surface area contributed by atoms with Crippen molar-refractivity contribution < 1.29 is 17.9 Å². The number of rotatable bonds is 6. The highest BCUT2D eigenvalue weighted by Crippen LogP contribution is 2.29. The number of nitrogens with one attached hydrogen (secondary N) is 1. The lowest BCUT2D eigenvalue weighted by molar-refractivity contribution is 0.0730. The SMILES string of the molecule is O=C(NCc1nnnn1C1CCCC1)c1ccc(S(=O)(=O)N2CCOCC2)cc1. The summed E-state index contributed by atoms with van der Waals surface area (Å²) in [5.41, 5.74) is 0.380. The largest absolute Gasteiger partial charge is 0.379 e. The molecule has 2 aromatic rings. The van der Waals surface area contributed by atoms with Gasteiger partial charge in [-0.2, -0.15) is 4.31 Å². The smallest absolute Gasteiger partial charge is 0.251 e. The molecule has 1 amide bonds. The van der Waals surface area contributed by atoms with Gasteiger partial charge in [0.2, 0.25) is 10.0 Å². The maximum atomic E-state index is 12.7. The zero-order chi connectivity index (χ0) is 20.3. The number of hydrogen-bond donors (Lipinski definition) is 1. The van der Waals surface area contributed by atoms with Gasteiger partial charge in [-0.3, -0.25) is 4.79 Å². The van der Waals surface area contributed by atoms with E-state index in [9.17, 15) is 13.2 Å². The predicted molar refractivity (Wildman–Crippen MR) is 103 cm³/mol. The van der Waals surface area contributed by atoms with Crippen LogP contribution in [0.4, 0.5) is 0 Å². The van der Waals surface area contributed by atoms with E-state index in [2.05, 4.69) is 20.8 Å². The van der Waals surface area contributed by atoms with Gasteiger partial charge < -0.3 is 10.1 Å². The van der Waals surface area contributed by atoms with Crippen molar-refractivity contribution in [2.24, 2.45) is 0 Å². The summed E-state index contributed by atoms with van der Waals surface area (Å²) in [6, 6.07) is 6.25. The van der Waals surface area contributed by atoms with E-state index < -0.39 is 10.0 Å². The van der Waals surface area contributed by atoms with E-state index in [1.54, 1.807) is 4.68 Å². The fraction of sp³-hybridized carbons (Fsp3) is 0.556. The van der Waals surface area contributed by atoms with Gasteiger partial charge in [0.25, 0.3) is 5.91 Å². The van der Waals surface area contributed by atoms with E-state index in [-0.39, 0.29) is 17.3 Å². The number of tetrazole rings is 1. The molecule has 1 saturated carbocycles. The molecule has 1 aliphatic carbocycles. The van der Waals surface area contributed by atoms with Gasteiger partial charge in [0, 0.05) is 18.7 Å². The zero-order valence-electron chi connectivity index (χ0n) is 16.0. The van der Waals surface area contributed by atoms with Crippen LogP contribution in [-0.2, 0) is 21.3 Å². The first kappa shape index (κ1) is 19.9. The van der Waals surface area contributed by atoms with Crippen molar-refractivity contribution in [3.63, 3.8) is 0 Å². The van der Waals surface area contributed by atoms with Crippen LogP contribution in [0.3, 0.4) is 0 Å². The summed E-state index contributed by atoms with van der Waals surface area (Å²) in [4.78, 5) is 12.6. The van der Waals surface area contributed by atoms with Gasteiger partial charge in [-0.15, -0.1) is 5.10 Å². The molecule has 0 unspecified atom stereocenters. The Balaban J connectivity index is 1.39. The molecule has 156 valence electrons. The van der Waals surface area contributed by atoms with Crippen molar-refractivity contribution in [2.45, 2.75) is 43.2 Å². The van der Waals surface area contributed by atoms with E-state index in [4.69, 9.17) is 4.74 Å². The summed E-state index contributed by atoms with van der Waals surface area (Å²) in [5.74, 6) is 0.318. The molecule has 10 nitrogen and oxygen atoms in total. The van der Waals surface area contributed by atoms with Crippen molar-refractivity contribution in [1.82, 2.24) is 29.8 Å². The third kappa shape index (κ3) is 4.31. The molecule has 2 aliphatic rings. The maximum absolute atomic E-state index is 12.7. The Morgan fingerprint density at radius 1 is 1.14 bits per heavy atom. The van der Waals surface area contributed by atoms with Crippen LogP contribution in [0.2, 0.25) is 0 Å². The van der Waals surface area contributed by atoms with Crippen LogP contribution in [0.25, 0.3) is 0 Å². The highest BCUT2D eigenvalue weighted by atomic mass is 32.2. The monoisotopic (exact) mass is 420 g/mol. The van der Waals surface area contributed by atoms with Crippen LogP contribution in [-0.4, -0.2) is 65.1 Å². The van der Waals surface area contributed by atoms with Crippen LogP contribution >= 0.6 is 0 Å². The average Bonchev–Trinajstić information content (AvgIpc) is 3.44. The standard InChI is InChI=1S/C18H24N6O4S/c25-18(19-13-17-20-21-22-24(17)15-3-1-2-4-15)14-5-7-16(8-6-14)29(26,27)23-9-11-28-12-10-23/h5-8,15H,1-4,9-13H2,(H,19,25). The zero-order valence-corrected chi connectivity index (χ0v) is 16.8. The van der Waals surface area contributed by atoms with Gasteiger partial charge in [0.15, 0.2) is 5.82 Å². The molecule has 1 aromatic carbocycles. The lowest BCUT2D eigenvalue weighted by atomic mass is 10.2. The number of nitrogens with zero attached hydrogens (tertiary/aromatic N) is 5. The summed E-state index contributed by atoms with van der Waals surface area (Å²) in [5, 5.41) is 14.6. The first-order valence-corrected chi connectivity index (χ1v) is 11.2. The number of carbonyl (C=O) groups excluding carboxylic acids is 1. The van der Waals surface area contributed by atoms with Crippen molar-refractivity contribution in [1.29, 1.82) is 0 Å². The summed E-state index contributed by atoms with van der Waals surface area (Å²) in [7, 11) is -3.58. The molecule has 4 rings (SSSR count). The molecule has 1 saturated heterocycles. The van der Waals surface area contributed by atoms with Gasteiger partial charge in [-0.25, -0.2) is 13.1 Å². The molecule has 0 bridgehead atoms. The molecule has 11 heteroatoms. The second kappa shape index (κ2) is 8.56. The molecule has 2 heterocycles. The number of ether oxygens (including phenoxy) is 1. The van der Waals surface area contributed by atoms with Crippen molar-refractivity contribution in [3.8, 4) is 0 Å². The van der Waals surface area contributed by atoms with Crippen LogP contribution in [0.1, 0.15) is 47.9 Å². The number of carbonyl (C=O) groups is 1. The average molecular weight is 420 g/mol. The fourth-order valence-electron chi connectivity index (χ4n) is 3.74. The minimum absolute atomic E-state index is 0.168. The molecular weight excluding hydrogens is 396 g/mol. The molecule has 0 spiro atoms. The van der Waals surface area contributed by atoms with Crippen LogP contribution in [0.5, 0.6) is 0 Å². The molecule has 2 fully saturated rings. The summed E-state index contributed by atoms with van der Waals surface area (Å²) in [6.07, 6.45) is 4.42. The number of sulfonamides is 1. The Labute approximate surface area is 169 Å². The van der Waals surface area contributed by atoms with E-state index in [1.165, 1.54) is 28.6 Å². The second-order valence-electron chi connectivity index (χ2n) is 7.20. The Hall–Kier alpha value is -2.37. The van der Waals surface area contributed by atoms with Crippen LogP contribution in [0.15, 0.2) is 29.2 Å². The first-order valence-electron chi connectivity index (χ1n) is 9.78. The van der Waals surface area contributed by atoms with E-state index >= 15 is 0 Å². The maximum Gasteiger partial charge on any atom is 0.251 e. The third-order valence-electron chi connectivity index (χ3n) is 5.36. The molecule has 0 atom stereocenters. The highest BCUT2D eigenvalue weighted by Gasteiger charge is 2.26. The fourth-order valence-corrected chi connectivity index (χ4v) is 5.14. The molecule has 29 heavy (non-hydrogen) atoms. The summed E-state index contributed by atoms with van der Waals surface area (Å²) < 4.78 is 33.7. The van der Waals surface area contributed by atoms with Crippen molar-refractivity contribution in [2.75, 3.05) is 26.3 Å².